The van der Waals surface area contributed by atoms with E-state index in [4.69, 9.17) is 46.4 Å². The van der Waals surface area contributed by atoms with E-state index in [1.807, 2.05) is 0 Å². The van der Waals surface area contributed by atoms with Crippen molar-refractivity contribution in [2.45, 2.75) is 10.3 Å². The van der Waals surface area contributed by atoms with Crippen molar-refractivity contribution in [3.05, 3.63) is 33.8 Å². The molecule has 1 aliphatic carbocycles. The van der Waals surface area contributed by atoms with E-state index in [-0.39, 0.29) is 11.8 Å². The smallest absolute Gasteiger partial charge is 0.136 e. The Labute approximate surface area is 107 Å². The Kier molecular flexibility index (Phi) is 2.93. The Morgan fingerprint density at radius 2 is 1.87 bits per heavy atom. The van der Waals surface area contributed by atoms with Crippen molar-refractivity contribution in [3.8, 4) is 0 Å². The van der Waals surface area contributed by atoms with Gasteiger partial charge in [-0.1, -0.05) is 29.3 Å². The molecule has 2 atom stereocenters. The number of carbonyl (C=O) groups is 1. The van der Waals surface area contributed by atoms with Gasteiger partial charge in [0.25, 0.3) is 0 Å². The van der Waals surface area contributed by atoms with E-state index >= 15 is 0 Å². The van der Waals surface area contributed by atoms with E-state index < -0.39 is 4.33 Å². The highest BCUT2D eigenvalue weighted by molar-refractivity contribution is 6.53. The average molecular weight is 284 g/mol. The average Bonchev–Trinajstić information content (AvgIpc) is 2.73. The van der Waals surface area contributed by atoms with Gasteiger partial charge >= 0.3 is 0 Å². The fourth-order valence-electron chi connectivity index (χ4n) is 1.66. The number of carbonyl (C=O) groups excluding carboxylic acids is 1. The van der Waals surface area contributed by atoms with Gasteiger partial charge in [0.1, 0.15) is 10.6 Å². The second kappa shape index (κ2) is 3.81. The van der Waals surface area contributed by atoms with Crippen LogP contribution in [0.5, 0.6) is 0 Å². The van der Waals surface area contributed by atoms with Gasteiger partial charge in [-0.05, 0) is 17.7 Å². The first-order valence-corrected chi connectivity index (χ1v) is 5.77. The predicted molar refractivity (Wildman–Crippen MR) is 63.2 cm³/mol. The third kappa shape index (κ3) is 1.87. The summed E-state index contributed by atoms with van der Waals surface area (Å²) in [5.74, 6) is -0.550. The molecular formula is C10H6Cl4O. The lowest BCUT2D eigenvalue weighted by Crippen LogP contribution is -1.90. The van der Waals surface area contributed by atoms with Crippen LogP contribution in [0, 0.1) is 5.92 Å². The van der Waals surface area contributed by atoms with Gasteiger partial charge in [-0.15, -0.1) is 23.2 Å². The molecule has 80 valence electrons. The molecule has 0 heterocycles. The van der Waals surface area contributed by atoms with Crippen LogP contribution in [0.4, 0.5) is 0 Å². The molecule has 1 aromatic carbocycles. The Morgan fingerprint density at radius 1 is 1.20 bits per heavy atom. The summed E-state index contributed by atoms with van der Waals surface area (Å²) < 4.78 is -1.00. The fraction of sp³-hybridized carbons (Fsp3) is 0.300. The first-order valence-electron chi connectivity index (χ1n) is 4.26. The summed E-state index contributed by atoms with van der Waals surface area (Å²) in [7, 11) is 0. The van der Waals surface area contributed by atoms with E-state index in [9.17, 15) is 4.79 Å². The molecule has 0 spiro atoms. The third-order valence-corrected chi connectivity index (χ3v) is 4.27. The highest BCUT2D eigenvalue weighted by atomic mass is 35.5. The second-order valence-electron chi connectivity index (χ2n) is 3.49. The number of benzene rings is 1. The van der Waals surface area contributed by atoms with E-state index in [0.717, 1.165) is 11.8 Å². The van der Waals surface area contributed by atoms with Gasteiger partial charge in [0.05, 0.1) is 16.0 Å². The zero-order valence-corrected chi connectivity index (χ0v) is 10.4. The molecule has 0 amide bonds. The lowest BCUT2D eigenvalue weighted by atomic mass is 10.1. The Bertz CT molecular complexity index is 416. The van der Waals surface area contributed by atoms with Gasteiger partial charge in [0.2, 0.25) is 0 Å². The van der Waals surface area contributed by atoms with Crippen LogP contribution in [0.15, 0.2) is 18.2 Å². The number of rotatable bonds is 2. The monoisotopic (exact) mass is 282 g/mol. The summed E-state index contributed by atoms with van der Waals surface area (Å²) in [5, 5.41) is 0.910. The van der Waals surface area contributed by atoms with Crippen molar-refractivity contribution in [3.63, 3.8) is 0 Å². The highest BCUT2D eigenvalue weighted by Gasteiger charge is 2.64. The molecule has 0 N–H and O–H groups in total. The van der Waals surface area contributed by atoms with Crippen LogP contribution in [0.1, 0.15) is 11.5 Å². The standard InChI is InChI=1S/C10H6Cl4O/c11-7-2-1-5(3-8(7)12)9-6(4-15)10(9,13)14/h1-4,6,9H/t6-,9-/m0/s1. The third-order valence-electron chi connectivity index (χ3n) is 2.56. The zero-order chi connectivity index (χ0) is 11.2. The van der Waals surface area contributed by atoms with Crippen molar-refractivity contribution in [1.82, 2.24) is 0 Å². The van der Waals surface area contributed by atoms with Crippen LogP contribution in [0.2, 0.25) is 10.0 Å². The maximum atomic E-state index is 10.7. The Balaban J connectivity index is 2.33. The molecule has 0 aromatic heterocycles. The molecule has 0 radical (unpaired) electrons. The molecule has 0 bridgehead atoms. The number of alkyl halides is 2. The summed E-state index contributed by atoms with van der Waals surface area (Å²) in [6.45, 7) is 0. The van der Waals surface area contributed by atoms with E-state index in [2.05, 4.69) is 0 Å². The molecule has 1 saturated carbocycles. The minimum atomic E-state index is -1.00. The van der Waals surface area contributed by atoms with Crippen LogP contribution in [-0.4, -0.2) is 10.6 Å². The van der Waals surface area contributed by atoms with Crippen LogP contribution in [-0.2, 0) is 4.79 Å². The minimum Gasteiger partial charge on any atom is -0.303 e. The van der Waals surface area contributed by atoms with Gasteiger partial charge < -0.3 is 4.79 Å². The maximum absolute atomic E-state index is 10.7. The van der Waals surface area contributed by atoms with E-state index in [1.165, 1.54) is 0 Å². The molecule has 0 unspecified atom stereocenters. The number of hydrogen-bond acceptors (Lipinski definition) is 1. The highest BCUT2D eigenvalue weighted by Crippen LogP contribution is 2.64. The molecule has 5 heteroatoms. The summed E-state index contributed by atoms with van der Waals surface area (Å²) >= 11 is 23.6. The molecule has 2 rings (SSSR count). The largest absolute Gasteiger partial charge is 0.303 e. The summed E-state index contributed by atoms with van der Waals surface area (Å²) in [4.78, 5) is 10.7. The van der Waals surface area contributed by atoms with Crippen molar-refractivity contribution in [2.75, 3.05) is 0 Å². The molecule has 1 aliphatic rings. The SMILES string of the molecule is O=C[C@H]1[C@H](c2ccc(Cl)c(Cl)c2)C1(Cl)Cl. The lowest BCUT2D eigenvalue weighted by Gasteiger charge is -2.02. The summed E-state index contributed by atoms with van der Waals surface area (Å²) in [5.41, 5.74) is 0.839. The topological polar surface area (TPSA) is 17.1 Å². The zero-order valence-electron chi connectivity index (χ0n) is 7.38. The molecule has 0 aliphatic heterocycles. The van der Waals surface area contributed by atoms with Crippen molar-refractivity contribution in [2.24, 2.45) is 5.92 Å². The van der Waals surface area contributed by atoms with Crippen LogP contribution in [0.3, 0.4) is 0 Å². The number of halogens is 4. The minimum absolute atomic E-state index is 0.187. The summed E-state index contributed by atoms with van der Waals surface area (Å²) in [6.07, 6.45) is 0.771. The van der Waals surface area contributed by atoms with Crippen molar-refractivity contribution in [1.29, 1.82) is 0 Å². The van der Waals surface area contributed by atoms with Crippen LogP contribution >= 0.6 is 46.4 Å². The van der Waals surface area contributed by atoms with Crippen LogP contribution < -0.4 is 0 Å². The predicted octanol–water partition coefficient (Wildman–Crippen LogP) is 4.08. The van der Waals surface area contributed by atoms with Crippen LogP contribution in [0.25, 0.3) is 0 Å². The first-order chi connectivity index (χ1) is 6.98. The van der Waals surface area contributed by atoms with Gasteiger partial charge in [-0.2, -0.15) is 0 Å². The van der Waals surface area contributed by atoms with E-state index in [1.54, 1.807) is 18.2 Å². The van der Waals surface area contributed by atoms with Gasteiger partial charge in [0.15, 0.2) is 0 Å². The van der Waals surface area contributed by atoms with Gasteiger partial charge in [-0.25, -0.2) is 0 Å². The maximum Gasteiger partial charge on any atom is 0.136 e. The number of aldehydes is 1. The second-order valence-corrected chi connectivity index (χ2v) is 5.75. The molecule has 1 fully saturated rings. The molecule has 15 heavy (non-hydrogen) atoms. The Morgan fingerprint density at radius 3 is 2.33 bits per heavy atom. The lowest BCUT2D eigenvalue weighted by molar-refractivity contribution is -0.108. The van der Waals surface area contributed by atoms with E-state index in [0.29, 0.717) is 10.0 Å². The quantitative estimate of drug-likeness (QED) is 0.590. The molecule has 1 aromatic rings. The van der Waals surface area contributed by atoms with Gasteiger partial charge in [-0.3, -0.25) is 0 Å². The molecular weight excluding hydrogens is 278 g/mol. The first kappa shape index (κ1) is 11.5. The van der Waals surface area contributed by atoms with Crippen molar-refractivity contribution >= 4 is 52.7 Å². The summed E-state index contributed by atoms with van der Waals surface area (Å²) in [6, 6.07) is 5.14. The molecule has 1 nitrogen and oxygen atoms in total. The molecule has 0 saturated heterocycles. The normalized spacial score (nSPS) is 27.5. The Hall–Kier alpha value is 0.0500. The number of hydrogen-bond donors (Lipinski definition) is 0. The van der Waals surface area contributed by atoms with Crippen molar-refractivity contribution < 1.29 is 4.79 Å². The fourth-order valence-corrected chi connectivity index (χ4v) is 2.71. The van der Waals surface area contributed by atoms with Gasteiger partial charge in [0, 0.05) is 5.92 Å².